The third kappa shape index (κ3) is 6.96. The van der Waals surface area contributed by atoms with Gasteiger partial charge in [-0.3, -0.25) is 14.5 Å². The third-order valence-corrected chi connectivity index (χ3v) is 4.32. The summed E-state index contributed by atoms with van der Waals surface area (Å²) in [6.45, 7) is 0.300. The molecule has 26 heavy (non-hydrogen) atoms. The van der Waals surface area contributed by atoms with E-state index in [1.54, 1.807) is 10.9 Å². The van der Waals surface area contributed by atoms with Crippen molar-refractivity contribution in [2.45, 2.75) is 57.8 Å². The van der Waals surface area contributed by atoms with E-state index in [1.165, 1.54) is 25.7 Å². The Bertz CT molecular complexity index is 655. The van der Waals surface area contributed by atoms with Gasteiger partial charge in [-0.15, -0.1) is 0 Å². The maximum Gasteiger partial charge on any atom is 0.224 e. The third-order valence-electron chi connectivity index (χ3n) is 4.32. The molecule has 0 aliphatic carbocycles. The molecule has 0 aliphatic rings. The van der Waals surface area contributed by atoms with Crippen LogP contribution in [-0.2, 0) is 11.8 Å². The molecule has 2 rings (SSSR count). The SMILES string of the molecule is Cn1cc(NC(=O)CCCCCCCCCCO)c(-c2ccccn2)n1. The minimum Gasteiger partial charge on any atom is -0.396 e. The number of carbonyl (C=O) groups is 1. The van der Waals surface area contributed by atoms with Gasteiger partial charge in [-0.25, -0.2) is 0 Å². The van der Waals surface area contributed by atoms with Crippen molar-refractivity contribution in [3.63, 3.8) is 0 Å². The molecule has 0 bridgehead atoms. The lowest BCUT2D eigenvalue weighted by Gasteiger charge is -2.05. The summed E-state index contributed by atoms with van der Waals surface area (Å²) in [6, 6.07) is 5.66. The van der Waals surface area contributed by atoms with Gasteiger partial charge in [0.1, 0.15) is 5.69 Å². The second-order valence-electron chi connectivity index (χ2n) is 6.63. The molecule has 2 aromatic rings. The van der Waals surface area contributed by atoms with Crippen LogP contribution in [0.5, 0.6) is 0 Å². The summed E-state index contributed by atoms with van der Waals surface area (Å²) >= 11 is 0. The van der Waals surface area contributed by atoms with Crippen molar-refractivity contribution in [1.82, 2.24) is 14.8 Å². The van der Waals surface area contributed by atoms with E-state index >= 15 is 0 Å². The summed E-state index contributed by atoms with van der Waals surface area (Å²) in [5.41, 5.74) is 2.16. The summed E-state index contributed by atoms with van der Waals surface area (Å²) < 4.78 is 1.69. The van der Waals surface area contributed by atoms with Gasteiger partial charge in [-0.05, 0) is 25.0 Å². The standard InChI is InChI=1S/C20H30N4O2/c1-24-16-18(20(23-24)17-12-9-10-14-21-17)22-19(26)13-8-6-4-2-3-5-7-11-15-25/h9-10,12,14,16,25H,2-8,11,13,15H2,1H3,(H,22,26). The molecule has 0 spiro atoms. The molecule has 6 nitrogen and oxygen atoms in total. The van der Waals surface area contributed by atoms with Crippen LogP contribution >= 0.6 is 0 Å². The lowest BCUT2D eigenvalue weighted by molar-refractivity contribution is -0.116. The van der Waals surface area contributed by atoms with Crippen LogP contribution in [0.4, 0.5) is 5.69 Å². The highest BCUT2D eigenvalue weighted by Crippen LogP contribution is 2.24. The number of nitrogens with zero attached hydrogens (tertiary/aromatic N) is 3. The largest absolute Gasteiger partial charge is 0.396 e. The first-order valence-corrected chi connectivity index (χ1v) is 9.56. The zero-order valence-corrected chi connectivity index (χ0v) is 15.7. The van der Waals surface area contributed by atoms with Gasteiger partial charge in [0.05, 0.1) is 11.4 Å². The van der Waals surface area contributed by atoms with Crippen LogP contribution in [-0.4, -0.2) is 32.4 Å². The number of aryl methyl sites for hydroxylation is 1. The van der Waals surface area contributed by atoms with E-state index < -0.39 is 0 Å². The molecule has 0 saturated heterocycles. The van der Waals surface area contributed by atoms with Crippen LogP contribution in [0, 0.1) is 0 Å². The first kappa shape index (κ1) is 20.1. The highest BCUT2D eigenvalue weighted by atomic mass is 16.2. The summed E-state index contributed by atoms with van der Waals surface area (Å²) in [5.74, 6) is 0.0260. The van der Waals surface area contributed by atoms with Gasteiger partial charge in [0.2, 0.25) is 5.91 Å². The molecule has 6 heteroatoms. The van der Waals surface area contributed by atoms with Gasteiger partial charge in [0, 0.05) is 32.5 Å². The molecular formula is C20H30N4O2. The summed E-state index contributed by atoms with van der Waals surface area (Å²) in [5, 5.41) is 16.1. The van der Waals surface area contributed by atoms with Gasteiger partial charge in [-0.2, -0.15) is 5.10 Å². The van der Waals surface area contributed by atoms with Crippen molar-refractivity contribution in [3.05, 3.63) is 30.6 Å². The van der Waals surface area contributed by atoms with E-state index in [4.69, 9.17) is 5.11 Å². The van der Waals surface area contributed by atoms with Gasteiger partial charge in [-0.1, -0.05) is 44.6 Å². The molecule has 1 amide bonds. The van der Waals surface area contributed by atoms with Crippen LogP contribution in [0.25, 0.3) is 11.4 Å². The predicted molar refractivity (Wildman–Crippen MR) is 104 cm³/mol. The number of rotatable bonds is 12. The van der Waals surface area contributed by atoms with E-state index in [1.807, 2.05) is 31.4 Å². The monoisotopic (exact) mass is 358 g/mol. The number of anilines is 1. The summed E-state index contributed by atoms with van der Waals surface area (Å²) in [6.07, 6.45) is 12.9. The number of pyridine rings is 1. The van der Waals surface area contributed by atoms with Crippen molar-refractivity contribution in [1.29, 1.82) is 0 Å². The quantitative estimate of drug-likeness (QED) is 0.564. The summed E-state index contributed by atoms with van der Waals surface area (Å²) in [4.78, 5) is 16.5. The van der Waals surface area contributed by atoms with Crippen LogP contribution in [0.2, 0.25) is 0 Å². The second kappa shape index (κ2) is 11.4. The number of nitrogens with one attached hydrogen (secondary N) is 1. The lowest BCUT2D eigenvalue weighted by atomic mass is 10.1. The zero-order chi connectivity index (χ0) is 18.6. The second-order valence-corrected chi connectivity index (χ2v) is 6.63. The maximum absolute atomic E-state index is 12.2. The number of aromatic nitrogens is 3. The van der Waals surface area contributed by atoms with Crippen LogP contribution in [0.3, 0.4) is 0 Å². The number of unbranched alkanes of at least 4 members (excludes halogenated alkanes) is 7. The first-order chi connectivity index (χ1) is 12.7. The molecule has 142 valence electrons. The van der Waals surface area contributed by atoms with Crippen molar-refractivity contribution in [2.24, 2.45) is 7.05 Å². The predicted octanol–water partition coefficient (Wildman–Crippen LogP) is 3.92. The minimum absolute atomic E-state index is 0.0260. The van der Waals surface area contributed by atoms with Crippen LogP contribution < -0.4 is 5.32 Å². The molecule has 2 N–H and O–H groups in total. The Morgan fingerprint density at radius 2 is 1.77 bits per heavy atom. The molecule has 0 aromatic carbocycles. The Hall–Kier alpha value is -2.21. The van der Waals surface area contributed by atoms with Crippen LogP contribution in [0.15, 0.2) is 30.6 Å². The van der Waals surface area contributed by atoms with Gasteiger partial charge < -0.3 is 10.4 Å². The van der Waals surface area contributed by atoms with E-state index in [0.29, 0.717) is 24.4 Å². The number of aliphatic hydroxyl groups is 1. The topological polar surface area (TPSA) is 80.0 Å². The molecule has 0 unspecified atom stereocenters. The molecule has 0 aliphatic heterocycles. The Morgan fingerprint density at radius 1 is 1.08 bits per heavy atom. The number of aliphatic hydroxyl groups excluding tert-OH is 1. The number of amides is 1. The molecule has 0 atom stereocenters. The summed E-state index contributed by atoms with van der Waals surface area (Å²) in [7, 11) is 1.84. The molecule has 2 aromatic heterocycles. The average Bonchev–Trinajstić information content (AvgIpc) is 3.01. The number of hydrogen-bond acceptors (Lipinski definition) is 4. The molecule has 0 radical (unpaired) electrons. The van der Waals surface area contributed by atoms with Crippen molar-refractivity contribution >= 4 is 11.6 Å². The Labute approximate surface area is 155 Å². The van der Waals surface area contributed by atoms with Gasteiger partial charge in [0.25, 0.3) is 0 Å². The van der Waals surface area contributed by atoms with Crippen LogP contribution in [0.1, 0.15) is 57.8 Å². The average molecular weight is 358 g/mol. The van der Waals surface area contributed by atoms with E-state index in [2.05, 4.69) is 15.4 Å². The lowest BCUT2D eigenvalue weighted by Crippen LogP contribution is -2.11. The minimum atomic E-state index is 0.0260. The Morgan fingerprint density at radius 3 is 2.42 bits per heavy atom. The fourth-order valence-corrected chi connectivity index (χ4v) is 2.94. The fourth-order valence-electron chi connectivity index (χ4n) is 2.94. The van der Waals surface area contributed by atoms with Gasteiger partial charge in [0.15, 0.2) is 0 Å². The molecule has 0 saturated carbocycles. The molecule has 2 heterocycles. The number of hydrogen-bond donors (Lipinski definition) is 2. The molecular weight excluding hydrogens is 328 g/mol. The Balaban J connectivity index is 1.69. The zero-order valence-electron chi connectivity index (χ0n) is 15.7. The fraction of sp³-hybridized carbons (Fsp3) is 0.550. The highest BCUT2D eigenvalue weighted by Gasteiger charge is 2.13. The van der Waals surface area contributed by atoms with E-state index in [-0.39, 0.29) is 5.91 Å². The first-order valence-electron chi connectivity index (χ1n) is 9.56. The Kier molecular flexibility index (Phi) is 8.83. The highest BCUT2D eigenvalue weighted by molar-refractivity contribution is 5.94. The van der Waals surface area contributed by atoms with Crippen molar-refractivity contribution in [3.8, 4) is 11.4 Å². The smallest absolute Gasteiger partial charge is 0.224 e. The molecule has 0 fully saturated rings. The van der Waals surface area contributed by atoms with Crippen molar-refractivity contribution < 1.29 is 9.90 Å². The van der Waals surface area contributed by atoms with Gasteiger partial charge >= 0.3 is 0 Å². The van der Waals surface area contributed by atoms with E-state index in [9.17, 15) is 4.79 Å². The van der Waals surface area contributed by atoms with E-state index in [0.717, 1.165) is 31.4 Å². The number of carbonyl (C=O) groups excluding carboxylic acids is 1. The van der Waals surface area contributed by atoms with Crippen molar-refractivity contribution in [2.75, 3.05) is 11.9 Å². The maximum atomic E-state index is 12.2. The normalized spacial score (nSPS) is 10.8.